The van der Waals surface area contributed by atoms with Crippen molar-refractivity contribution >= 4 is 28.4 Å². The van der Waals surface area contributed by atoms with E-state index in [1.807, 2.05) is 30.6 Å². The largest absolute Gasteiger partial charge is 0.349 e. The Morgan fingerprint density at radius 3 is 2.80 bits per heavy atom. The number of hydrogen-bond acceptors (Lipinski definition) is 5. The Labute approximate surface area is 157 Å². The minimum absolute atomic E-state index is 0. The molecule has 3 aromatic rings. The molecular weight excluding hydrogens is 380 g/mol. The summed E-state index contributed by atoms with van der Waals surface area (Å²) < 4.78 is 1.98. The van der Waals surface area contributed by atoms with Crippen LogP contribution in [0.4, 0.5) is 5.82 Å². The Morgan fingerprint density at radius 1 is 1.20 bits per heavy atom. The molecule has 0 unspecified atom stereocenters. The summed E-state index contributed by atoms with van der Waals surface area (Å²) in [5, 5.41) is 8.48. The number of rotatable bonds is 2. The van der Waals surface area contributed by atoms with E-state index < -0.39 is 0 Å². The van der Waals surface area contributed by atoms with E-state index in [1.165, 1.54) is 6.42 Å². The number of fused-ring (bicyclic) bond motifs is 3. The summed E-state index contributed by atoms with van der Waals surface area (Å²) >= 11 is 0. The average Bonchev–Trinajstić information content (AvgIpc) is 3.27. The van der Waals surface area contributed by atoms with E-state index in [0.29, 0.717) is 12.1 Å². The van der Waals surface area contributed by atoms with Crippen LogP contribution in [0.5, 0.6) is 0 Å². The Morgan fingerprint density at radius 2 is 2.08 bits per heavy atom. The first kappa shape index (κ1) is 16.5. The molecule has 0 spiro atoms. The van der Waals surface area contributed by atoms with Crippen LogP contribution in [-0.2, 0) is 0 Å². The van der Waals surface area contributed by atoms with Gasteiger partial charge in [-0.25, -0.2) is 9.50 Å². The van der Waals surface area contributed by atoms with Crippen molar-refractivity contribution in [3.8, 4) is 11.3 Å². The van der Waals surface area contributed by atoms with Crippen LogP contribution in [0.2, 0.25) is 0 Å². The third-order valence-electron chi connectivity index (χ3n) is 5.16. The fraction of sp³-hybridized carbons (Fsp3) is 0.389. The van der Waals surface area contributed by atoms with E-state index in [1.54, 1.807) is 0 Å². The fourth-order valence-electron chi connectivity index (χ4n) is 4.05. The van der Waals surface area contributed by atoms with Gasteiger partial charge in [-0.1, -0.05) is 0 Å². The Kier molecular flexibility index (Phi) is 4.00. The number of anilines is 1. The van der Waals surface area contributed by atoms with Crippen molar-refractivity contribution in [3.05, 3.63) is 41.9 Å². The number of aromatic nitrogens is 4. The van der Waals surface area contributed by atoms with E-state index in [2.05, 4.69) is 38.4 Å². The van der Waals surface area contributed by atoms with E-state index >= 15 is 0 Å². The first-order chi connectivity index (χ1) is 11.7. The SMILES string of the molecule is Br.Cc1cc(-c2c(C)nc3ccc(N4C[C@H]5C[C@@H]4CN5)nn23)ccn1. The maximum absolute atomic E-state index is 4.93. The van der Waals surface area contributed by atoms with E-state index in [-0.39, 0.29) is 17.0 Å². The molecule has 7 heteroatoms. The van der Waals surface area contributed by atoms with Gasteiger partial charge in [0.15, 0.2) is 5.65 Å². The van der Waals surface area contributed by atoms with Crippen LogP contribution in [0.25, 0.3) is 16.9 Å². The van der Waals surface area contributed by atoms with Crippen molar-refractivity contribution < 1.29 is 0 Å². The van der Waals surface area contributed by atoms with Crippen molar-refractivity contribution in [2.75, 3.05) is 18.0 Å². The first-order valence-corrected chi connectivity index (χ1v) is 8.48. The van der Waals surface area contributed by atoms with Crippen LogP contribution < -0.4 is 10.2 Å². The Bertz CT molecular complexity index is 936. The van der Waals surface area contributed by atoms with E-state index in [0.717, 1.165) is 47.2 Å². The van der Waals surface area contributed by atoms with Gasteiger partial charge in [-0.3, -0.25) is 4.98 Å². The molecule has 0 aromatic carbocycles. The van der Waals surface area contributed by atoms with Crippen molar-refractivity contribution in [2.45, 2.75) is 32.4 Å². The second kappa shape index (κ2) is 6.07. The van der Waals surface area contributed by atoms with Crippen molar-refractivity contribution in [1.29, 1.82) is 0 Å². The lowest BCUT2D eigenvalue weighted by Crippen LogP contribution is -2.44. The molecule has 1 N–H and O–H groups in total. The Hall–Kier alpha value is -1.99. The lowest BCUT2D eigenvalue weighted by atomic mass is 10.1. The number of halogens is 1. The van der Waals surface area contributed by atoms with Gasteiger partial charge in [-0.05, 0) is 44.5 Å². The second-order valence-corrected chi connectivity index (χ2v) is 6.84. The third kappa shape index (κ3) is 2.62. The highest BCUT2D eigenvalue weighted by molar-refractivity contribution is 8.93. The highest BCUT2D eigenvalue weighted by atomic mass is 79.9. The maximum atomic E-state index is 4.93. The van der Waals surface area contributed by atoms with Gasteiger partial charge in [0.25, 0.3) is 0 Å². The smallest absolute Gasteiger partial charge is 0.154 e. The molecule has 0 amide bonds. The number of nitrogens with zero attached hydrogens (tertiary/aromatic N) is 5. The maximum Gasteiger partial charge on any atom is 0.154 e. The first-order valence-electron chi connectivity index (χ1n) is 8.48. The quantitative estimate of drug-likeness (QED) is 0.715. The number of piperazine rings is 1. The van der Waals surface area contributed by atoms with Gasteiger partial charge in [0, 0.05) is 42.6 Å². The molecule has 5 rings (SSSR count). The van der Waals surface area contributed by atoms with Crippen LogP contribution in [0.1, 0.15) is 17.8 Å². The molecule has 2 bridgehead atoms. The molecule has 6 nitrogen and oxygen atoms in total. The number of pyridine rings is 1. The molecule has 5 heterocycles. The molecule has 0 aliphatic carbocycles. The Balaban J connectivity index is 0.00000157. The molecular formula is C18H21BrN6. The average molecular weight is 401 g/mol. The lowest BCUT2D eigenvalue weighted by molar-refractivity contribution is 0.573. The van der Waals surface area contributed by atoms with E-state index in [9.17, 15) is 0 Å². The zero-order chi connectivity index (χ0) is 16.3. The summed E-state index contributed by atoms with van der Waals surface area (Å²) in [7, 11) is 0. The zero-order valence-corrected chi connectivity index (χ0v) is 16.0. The number of imidazole rings is 1. The summed E-state index contributed by atoms with van der Waals surface area (Å²) in [5.74, 6) is 1.04. The monoisotopic (exact) mass is 400 g/mol. The molecule has 25 heavy (non-hydrogen) atoms. The molecule has 2 saturated heterocycles. The van der Waals surface area contributed by atoms with Gasteiger partial charge < -0.3 is 10.2 Å². The minimum atomic E-state index is 0. The molecule has 2 aliphatic rings. The zero-order valence-electron chi connectivity index (χ0n) is 14.3. The van der Waals surface area contributed by atoms with Crippen LogP contribution >= 0.6 is 17.0 Å². The van der Waals surface area contributed by atoms with Crippen LogP contribution in [0.15, 0.2) is 30.5 Å². The normalized spacial score (nSPS) is 21.8. The molecule has 0 saturated carbocycles. The van der Waals surface area contributed by atoms with Gasteiger partial charge in [0.2, 0.25) is 0 Å². The predicted octanol–water partition coefficient (Wildman–Crippen LogP) is 2.54. The van der Waals surface area contributed by atoms with Crippen molar-refractivity contribution in [3.63, 3.8) is 0 Å². The fourth-order valence-corrected chi connectivity index (χ4v) is 4.05. The van der Waals surface area contributed by atoms with Crippen molar-refractivity contribution in [2.24, 2.45) is 0 Å². The van der Waals surface area contributed by atoms with Gasteiger partial charge >= 0.3 is 0 Å². The lowest BCUT2D eigenvalue weighted by Gasteiger charge is -2.28. The third-order valence-corrected chi connectivity index (χ3v) is 5.16. The summed E-state index contributed by atoms with van der Waals surface area (Å²) in [6.07, 6.45) is 3.07. The van der Waals surface area contributed by atoms with Gasteiger partial charge in [0.1, 0.15) is 5.82 Å². The molecule has 2 atom stereocenters. The molecule has 130 valence electrons. The highest BCUT2D eigenvalue weighted by Crippen LogP contribution is 2.30. The van der Waals surface area contributed by atoms with Gasteiger partial charge in [-0.15, -0.1) is 22.1 Å². The van der Waals surface area contributed by atoms with Crippen LogP contribution in [-0.4, -0.2) is 44.8 Å². The summed E-state index contributed by atoms with van der Waals surface area (Å²) in [5.41, 5.74) is 5.06. The van der Waals surface area contributed by atoms with E-state index in [4.69, 9.17) is 5.10 Å². The van der Waals surface area contributed by atoms with Crippen LogP contribution in [0, 0.1) is 13.8 Å². The highest BCUT2D eigenvalue weighted by Gasteiger charge is 2.38. The molecule has 3 aromatic heterocycles. The summed E-state index contributed by atoms with van der Waals surface area (Å²) in [4.78, 5) is 11.4. The predicted molar refractivity (Wildman–Crippen MR) is 104 cm³/mol. The molecule has 2 fully saturated rings. The molecule has 0 radical (unpaired) electrons. The number of aryl methyl sites for hydroxylation is 2. The van der Waals surface area contributed by atoms with Crippen molar-refractivity contribution in [1.82, 2.24) is 24.9 Å². The summed E-state index contributed by atoms with van der Waals surface area (Å²) in [6.45, 7) is 6.15. The minimum Gasteiger partial charge on any atom is -0.349 e. The molecule has 2 aliphatic heterocycles. The second-order valence-electron chi connectivity index (χ2n) is 6.84. The number of hydrogen-bond donors (Lipinski definition) is 1. The van der Waals surface area contributed by atoms with Gasteiger partial charge in [-0.2, -0.15) is 0 Å². The summed E-state index contributed by atoms with van der Waals surface area (Å²) in [6, 6.07) is 9.47. The van der Waals surface area contributed by atoms with Gasteiger partial charge in [0.05, 0.1) is 11.4 Å². The number of nitrogens with one attached hydrogen (secondary N) is 1. The van der Waals surface area contributed by atoms with Crippen LogP contribution in [0.3, 0.4) is 0 Å². The topological polar surface area (TPSA) is 58.4 Å². The standard InChI is InChI=1S/C18H20N6.BrH/c1-11-7-13(5-6-19-11)18-12(2)21-16-3-4-17(22-24(16)18)23-10-14-8-15(23)9-20-14;/h3-7,14-15,20H,8-10H2,1-2H3;1H/t14-,15-;/m1./s1.